The lowest BCUT2D eigenvalue weighted by atomic mass is 9.65. The Hall–Kier alpha value is -4.19. The third kappa shape index (κ3) is 5.86. The average Bonchev–Trinajstić information content (AvgIpc) is 3.00. The van der Waals surface area contributed by atoms with E-state index in [4.69, 9.17) is 0 Å². The van der Waals surface area contributed by atoms with Gasteiger partial charge in [-0.2, -0.15) is 13.2 Å². The fourth-order valence-corrected chi connectivity index (χ4v) is 5.64. The quantitative estimate of drug-likeness (QED) is 0.241. The normalized spacial score (nSPS) is 19.1. The van der Waals surface area contributed by atoms with Gasteiger partial charge in [-0.3, -0.25) is 9.59 Å². The summed E-state index contributed by atoms with van der Waals surface area (Å²) in [6, 6.07) is 31.6. The second kappa shape index (κ2) is 11.5. The number of ketones is 1. The van der Waals surface area contributed by atoms with Gasteiger partial charge in [-0.1, -0.05) is 97.1 Å². The van der Waals surface area contributed by atoms with Crippen molar-refractivity contribution in [2.45, 2.75) is 43.8 Å². The molecule has 0 saturated heterocycles. The average molecular weight is 542 g/mol. The number of amides is 1. The third-order valence-electron chi connectivity index (χ3n) is 7.98. The minimum Gasteiger partial charge on any atom is -0.351 e. The van der Waals surface area contributed by atoms with E-state index < -0.39 is 17.2 Å². The molecule has 204 valence electrons. The van der Waals surface area contributed by atoms with Crippen LogP contribution in [0.2, 0.25) is 0 Å². The molecule has 0 unspecified atom stereocenters. The maximum absolute atomic E-state index is 13.6. The van der Waals surface area contributed by atoms with E-state index in [0.29, 0.717) is 43.4 Å². The number of rotatable bonds is 7. The van der Waals surface area contributed by atoms with Gasteiger partial charge in [0.25, 0.3) is 0 Å². The van der Waals surface area contributed by atoms with Crippen LogP contribution in [0.5, 0.6) is 0 Å². The van der Waals surface area contributed by atoms with Gasteiger partial charge in [0.15, 0.2) is 5.78 Å². The van der Waals surface area contributed by atoms with Crippen molar-refractivity contribution in [3.8, 4) is 11.1 Å². The predicted octanol–water partition coefficient (Wildman–Crippen LogP) is 8.00. The van der Waals surface area contributed by atoms with E-state index in [1.54, 1.807) is 24.3 Å². The number of Topliss-reactive ketones (excluding diaryl/α,β-unsaturated/α-hetero) is 1. The highest BCUT2D eigenvalue weighted by atomic mass is 19.4. The van der Waals surface area contributed by atoms with Crippen LogP contribution in [0.4, 0.5) is 13.2 Å². The Morgan fingerprint density at radius 1 is 0.725 bits per heavy atom. The zero-order valence-corrected chi connectivity index (χ0v) is 22.0. The Kier molecular flexibility index (Phi) is 7.88. The van der Waals surface area contributed by atoms with E-state index >= 15 is 0 Å². The lowest BCUT2D eigenvalue weighted by molar-refractivity contribution is -0.137. The number of halogens is 3. The largest absolute Gasteiger partial charge is 0.416 e. The van der Waals surface area contributed by atoms with Crippen LogP contribution in [0, 0.1) is 5.92 Å². The Morgan fingerprint density at radius 3 is 1.80 bits per heavy atom. The van der Waals surface area contributed by atoms with Gasteiger partial charge in [-0.25, -0.2) is 0 Å². The molecule has 0 aromatic heterocycles. The highest BCUT2D eigenvalue weighted by Crippen LogP contribution is 2.43. The standard InChI is InChI=1S/C34H30F3NO2/c35-34(36,37)30-17-15-26(16-18-30)25-11-13-27(14-12-25)31(39)28-19-21-33(22-20-28,29-9-5-2-6-10-29)32(40)38-23-24-7-3-1-4-8-24/h1-18,28H,19-23H2,(H,38,40). The molecule has 1 fully saturated rings. The summed E-state index contributed by atoms with van der Waals surface area (Å²) in [6.45, 7) is 0.446. The highest BCUT2D eigenvalue weighted by molar-refractivity contribution is 5.98. The van der Waals surface area contributed by atoms with Gasteiger partial charge >= 0.3 is 6.18 Å². The number of carbonyl (C=O) groups is 2. The van der Waals surface area contributed by atoms with Crippen LogP contribution in [-0.2, 0) is 22.9 Å². The van der Waals surface area contributed by atoms with E-state index in [1.807, 2.05) is 60.7 Å². The molecule has 1 saturated carbocycles. The molecule has 1 aliphatic rings. The number of benzene rings is 4. The maximum Gasteiger partial charge on any atom is 0.416 e. The predicted molar refractivity (Wildman–Crippen MR) is 150 cm³/mol. The van der Waals surface area contributed by atoms with Crippen molar-refractivity contribution in [2.24, 2.45) is 5.92 Å². The van der Waals surface area contributed by atoms with Gasteiger partial charge < -0.3 is 5.32 Å². The zero-order valence-electron chi connectivity index (χ0n) is 22.0. The van der Waals surface area contributed by atoms with Crippen molar-refractivity contribution in [1.82, 2.24) is 5.32 Å². The minimum atomic E-state index is -4.38. The molecule has 6 heteroatoms. The molecule has 0 spiro atoms. The first-order chi connectivity index (χ1) is 19.3. The SMILES string of the molecule is O=C(c1ccc(-c2ccc(C(F)(F)F)cc2)cc1)C1CCC(C(=O)NCc2ccccc2)(c2ccccc2)CC1. The van der Waals surface area contributed by atoms with Crippen LogP contribution in [0.25, 0.3) is 11.1 Å². The smallest absolute Gasteiger partial charge is 0.351 e. The van der Waals surface area contributed by atoms with Crippen molar-refractivity contribution in [2.75, 3.05) is 0 Å². The molecule has 5 rings (SSSR count). The first-order valence-corrected chi connectivity index (χ1v) is 13.5. The molecule has 4 aromatic carbocycles. The minimum absolute atomic E-state index is 0.0191. The van der Waals surface area contributed by atoms with Gasteiger partial charge in [0, 0.05) is 18.0 Å². The molecule has 0 heterocycles. The molecular formula is C34H30F3NO2. The fourth-order valence-electron chi connectivity index (χ4n) is 5.64. The zero-order chi connectivity index (χ0) is 28.2. The molecule has 0 aliphatic heterocycles. The van der Waals surface area contributed by atoms with Crippen LogP contribution < -0.4 is 5.32 Å². The summed E-state index contributed by atoms with van der Waals surface area (Å²) < 4.78 is 38.6. The molecular weight excluding hydrogens is 511 g/mol. The number of alkyl halides is 3. The van der Waals surface area contributed by atoms with Gasteiger partial charge in [0.05, 0.1) is 11.0 Å². The molecule has 0 atom stereocenters. The van der Waals surface area contributed by atoms with Gasteiger partial charge in [0.2, 0.25) is 5.91 Å². The van der Waals surface area contributed by atoms with Gasteiger partial charge in [-0.15, -0.1) is 0 Å². The van der Waals surface area contributed by atoms with Crippen molar-refractivity contribution in [1.29, 1.82) is 0 Å². The topological polar surface area (TPSA) is 46.2 Å². The first kappa shape index (κ1) is 27.4. The lowest BCUT2D eigenvalue weighted by Gasteiger charge is -2.39. The number of hydrogen-bond donors (Lipinski definition) is 1. The molecule has 1 aliphatic carbocycles. The van der Waals surface area contributed by atoms with E-state index in [1.165, 1.54) is 12.1 Å². The number of nitrogens with one attached hydrogen (secondary N) is 1. The Bertz CT molecular complexity index is 1440. The molecule has 3 nitrogen and oxygen atoms in total. The molecule has 0 bridgehead atoms. The van der Waals surface area contributed by atoms with Crippen LogP contribution in [0.3, 0.4) is 0 Å². The van der Waals surface area contributed by atoms with Crippen molar-refractivity contribution < 1.29 is 22.8 Å². The summed E-state index contributed by atoms with van der Waals surface area (Å²) in [7, 11) is 0. The molecule has 1 amide bonds. The monoisotopic (exact) mass is 541 g/mol. The lowest BCUT2D eigenvalue weighted by Crippen LogP contribution is -2.47. The molecule has 1 N–H and O–H groups in total. The van der Waals surface area contributed by atoms with Gasteiger partial charge in [0.1, 0.15) is 0 Å². The third-order valence-corrected chi connectivity index (χ3v) is 7.98. The highest BCUT2D eigenvalue weighted by Gasteiger charge is 2.44. The van der Waals surface area contributed by atoms with Crippen LogP contribution in [0.1, 0.15) is 52.7 Å². The summed E-state index contributed by atoms with van der Waals surface area (Å²) in [5.41, 5.74) is 2.57. The number of carbonyl (C=O) groups excluding carboxylic acids is 2. The van der Waals surface area contributed by atoms with Crippen molar-refractivity contribution in [3.05, 3.63) is 131 Å². The van der Waals surface area contributed by atoms with Crippen molar-refractivity contribution in [3.63, 3.8) is 0 Å². The molecule has 40 heavy (non-hydrogen) atoms. The molecule has 4 aromatic rings. The second-order valence-electron chi connectivity index (χ2n) is 10.4. The molecule has 0 radical (unpaired) electrons. The Labute approximate surface area is 232 Å². The number of hydrogen-bond acceptors (Lipinski definition) is 2. The summed E-state index contributed by atoms with van der Waals surface area (Å²) in [6.07, 6.45) is -2.06. The van der Waals surface area contributed by atoms with Crippen LogP contribution in [0.15, 0.2) is 109 Å². The van der Waals surface area contributed by atoms with Crippen LogP contribution in [-0.4, -0.2) is 11.7 Å². The summed E-state index contributed by atoms with van der Waals surface area (Å²) in [5.74, 6) is -0.185. The van der Waals surface area contributed by atoms with Crippen molar-refractivity contribution >= 4 is 11.7 Å². The maximum atomic E-state index is 13.6. The van der Waals surface area contributed by atoms with Gasteiger partial charge in [-0.05, 0) is 60.1 Å². The summed E-state index contributed by atoms with van der Waals surface area (Å²) in [4.78, 5) is 27.0. The Morgan fingerprint density at radius 2 is 1.25 bits per heavy atom. The van der Waals surface area contributed by atoms with E-state index in [2.05, 4.69) is 5.32 Å². The first-order valence-electron chi connectivity index (χ1n) is 13.5. The van der Waals surface area contributed by atoms with Crippen LogP contribution >= 0.6 is 0 Å². The fraction of sp³-hybridized carbons (Fsp3) is 0.235. The summed E-state index contributed by atoms with van der Waals surface area (Å²) >= 11 is 0. The summed E-state index contributed by atoms with van der Waals surface area (Å²) in [5, 5.41) is 3.13. The second-order valence-corrected chi connectivity index (χ2v) is 10.4. The van der Waals surface area contributed by atoms with E-state index in [9.17, 15) is 22.8 Å². The van der Waals surface area contributed by atoms with E-state index in [0.717, 1.165) is 28.8 Å². The van der Waals surface area contributed by atoms with E-state index in [-0.39, 0.29) is 17.6 Å². The Balaban J connectivity index is 1.27.